The van der Waals surface area contributed by atoms with Crippen molar-refractivity contribution < 1.29 is 9.53 Å². The molecule has 1 aliphatic heterocycles. The van der Waals surface area contributed by atoms with Gasteiger partial charge in [-0.15, -0.1) is 0 Å². The van der Waals surface area contributed by atoms with Crippen molar-refractivity contribution in [3.63, 3.8) is 0 Å². The van der Waals surface area contributed by atoms with Crippen LogP contribution in [0.1, 0.15) is 38.7 Å². The molecule has 0 N–H and O–H groups in total. The van der Waals surface area contributed by atoms with Gasteiger partial charge >= 0.3 is 0 Å². The van der Waals surface area contributed by atoms with E-state index in [1.165, 1.54) is 0 Å². The van der Waals surface area contributed by atoms with E-state index in [2.05, 4.69) is 24.8 Å². The van der Waals surface area contributed by atoms with Crippen LogP contribution in [0.5, 0.6) is 0 Å². The summed E-state index contributed by atoms with van der Waals surface area (Å²) in [6.07, 6.45) is 7.11. The zero-order valence-electron chi connectivity index (χ0n) is 15.4. The van der Waals surface area contributed by atoms with Gasteiger partial charge in [0, 0.05) is 35.8 Å². The Morgan fingerprint density at radius 1 is 1.36 bits per heavy atom. The third kappa shape index (κ3) is 3.24. The summed E-state index contributed by atoms with van der Waals surface area (Å²) in [5.41, 5.74) is 2.21. The van der Waals surface area contributed by atoms with Gasteiger partial charge in [0.25, 0.3) is 0 Å². The third-order valence-electron chi connectivity index (χ3n) is 6.29. The molecule has 3 rings (SSSR count). The van der Waals surface area contributed by atoms with Crippen molar-refractivity contribution in [1.82, 2.24) is 4.90 Å². The number of methoxy groups -OCH3 is 1. The zero-order valence-corrected chi connectivity index (χ0v) is 16.1. The molecule has 3 nitrogen and oxygen atoms in total. The van der Waals surface area contributed by atoms with Crippen molar-refractivity contribution in [1.29, 1.82) is 0 Å². The third-order valence-corrected chi connectivity index (χ3v) is 6.66. The van der Waals surface area contributed by atoms with Crippen molar-refractivity contribution in [2.45, 2.75) is 51.7 Å². The standard InChI is InChI=1S/C21H28ClNO2/c1-4-23-19-10-9-16(25-3)13-17(19)21(2,20(23)11-12-24)14-15-7-5-6-8-18(15)22/h5-8,11-12,16-17,19H,4,9-10,13-14H2,1-3H3. The van der Waals surface area contributed by atoms with E-state index in [4.69, 9.17) is 16.3 Å². The normalized spacial score (nSPS) is 33.5. The highest BCUT2D eigenvalue weighted by atomic mass is 35.5. The van der Waals surface area contributed by atoms with Gasteiger partial charge in [0.1, 0.15) is 6.29 Å². The van der Waals surface area contributed by atoms with Crippen LogP contribution in [0.3, 0.4) is 0 Å². The van der Waals surface area contributed by atoms with E-state index < -0.39 is 0 Å². The summed E-state index contributed by atoms with van der Waals surface area (Å²) in [5.74, 6) is 0.466. The summed E-state index contributed by atoms with van der Waals surface area (Å²) in [4.78, 5) is 13.8. The molecule has 1 heterocycles. The minimum Gasteiger partial charge on any atom is -0.381 e. The summed E-state index contributed by atoms with van der Waals surface area (Å²) in [5, 5.41) is 0.805. The van der Waals surface area contributed by atoms with Crippen molar-refractivity contribution in [2.24, 2.45) is 11.3 Å². The highest BCUT2D eigenvalue weighted by Crippen LogP contribution is 2.55. The van der Waals surface area contributed by atoms with Crippen molar-refractivity contribution in [3.8, 4) is 0 Å². The second-order valence-corrected chi connectivity index (χ2v) is 7.91. The lowest BCUT2D eigenvalue weighted by atomic mass is 9.66. The second kappa shape index (κ2) is 7.51. The average molecular weight is 362 g/mol. The Hall–Kier alpha value is -1.32. The first-order chi connectivity index (χ1) is 12.0. The summed E-state index contributed by atoms with van der Waals surface area (Å²) < 4.78 is 5.70. The van der Waals surface area contributed by atoms with Crippen molar-refractivity contribution in [2.75, 3.05) is 13.7 Å². The number of ether oxygens (including phenoxy) is 1. The quantitative estimate of drug-likeness (QED) is 0.571. The van der Waals surface area contributed by atoms with Gasteiger partial charge in [-0.3, -0.25) is 4.79 Å². The molecule has 2 fully saturated rings. The van der Waals surface area contributed by atoms with Crippen LogP contribution in [0.4, 0.5) is 0 Å². The maximum absolute atomic E-state index is 11.4. The molecular formula is C21H28ClNO2. The molecule has 0 amide bonds. The first-order valence-corrected chi connectivity index (χ1v) is 9.61. The van der Waals surface area contributed by atoms with E-state index in [9.17, 15) is 4.79 Å². The minimum atomic E-state index is -0.107. The molecule has 1 saturated carbocycles. The average Bonchev–Trinajstić information content (AvgIpc) is 2.85. The lowest BCUT2D eigenvalue weighted by Crippen LogP contribution is -2.40. The highest BCUT2D eigenvalue weighted by Gasteiger charge is 2.54. The topological polar surface area (TPSA) is 29.5 Å². The van der Waals surface area contributed by atoms with Crippen LogP contribution in [0, 0.1) is 11.3 Å². The number of allylic oxidation sites excluding steroid dienone is 2. The van der Waals surface area contributed by atoms with Crippen LogP contribution in [0.2, 0.25) is 5.02 Å². The number of rotatable bonds is 5. The summed E-state index contributed by atoms with van der Waals surface area (Å²) in [6.45, 7) is 5.41. The maximum Gasteiger partial charge on any atom is 0.144 e. The summed E-state index contributed by atoms with van der Waals surface area (Å²) in [7, 11) is 1.81. The van der Waals surface area contributed by atoms with Crippen molar-refractivity contribution >= 4 is 17.9 Å². The molecule has 1 saturated heterocycles. The van der Waals surface area contributed by atoms with Crippen LogP contribution >= 0.6 is 11.6 Å². The molecule has 2 aliphatic rings. The number of carbonyl (C=O) groups excluding carboxylic acids is 1. The fourth-order valence-corrected chi connectivity index (χ4v) is 5.30. The van der Waals surface area contributed by atoms with Crippen molar-refractivity contribution in [3.05, 3.63) is 46.6 Å². The molecule has 0 aromatic heterocycles. The molecule has 1 aliphatic carbocycles. The lowest BCUT2D eigenvalue weighted by molar-refractivity contribution is -0.104. The molecular weight excluding hydrogens is 334 g/mol. The molecule has 0 spiro atoms. The monoisotopic (exact) mass is 361 g/mol. The molecule has 1 aromatic rings. The predicted molar refractivity (Wildman–Crippen MR) is 102 cm³/mol. The van der Waals surface area contributed by atoms with E-state index in [1.807, 2.05) is 25.3 Å². The van der Waals surface area contributed by atoms with Crippen LogP contribution in [0.25, 0.3) is 0 Å². The highest BCUT2D eigenvalue weighted by molar-refractivity contribution is 6.31. The smallest absolute Gasteiger partial charge is 0.144 e. The number of aldehydes is 1. The minimum absolute atomic E-state index is 0.107. The lowest BCUT2D eigenvalue weighted by Gasteiger charge is -2.39. The predicted octanol–water partition coefficient (Wildman–Crippen LogP) is 4.49. The Labute approximate surface area is 156 Å². The molecule has 4 heteroatoms. The number of likely N-dealkylation sites (tertiary alicyclic amines) is 1. The number of hydrogen-bond donors (Lipinski definition) is 0. The van der Waals surface area contributed by atoms with E-state index in [-0.39, 0.29) is 5.41 Å². The number of carbonyl (C=O) groups is 1. The summed E-state index contributed by atoms with van der Waals surface area (Å²) in [6, 6.07) is 8.54. The molecule has 0 radical (unpaired) electrons. The van der Waals surface area contributed by atoms with Crippen LogP contribution in [-0.2, 0) is 16.0 Å². The van der Waals surface area contributed by atoms with E-state index >= 15 is 0 Å². The molecule has 4 atom stereocenters. The summed E-state index contributed by atoms with van der Waals surface area (Å²) >= 11 is 6.46. The largest absolute Gasteiger partial charge is 0.381 e. The van der Waals surface area contributed by atoms with Gasteiger partial charge in [-0.05, 0) is 56.2 Å². The molecule has 0 bridgehead atoms. The Morgan fingerprint density at radius 2 is 2.12 bits per heavy atom. The van der Waals surface area contributed by atoms with E-state index in [0.717, 1.165) is 54.8 Å². The number of benzene rings is 1. The van der Waals surface area contributed by atoms with Crippen LogP contribution < -0.4 is 0 Å². The molecule has 1 aromatic carbocycles. The number of halogens is 1. The van der Waals surface area contributed by atoms with Gasteiger partial charge in [-0.1, -0.05) is 36.7 Å². The van der Waals surface area contributed by atoms with Gasteiger partial charge in [-0.25, -0.2) is 0 Å². The first-order valence-electron chi connectivity index (χ1n) is 9.24. The second-order valence-electron chi connectivity index (χ2n) is 7.50. The maximum atomic E-state index is 11.4. The Bertz CT molecular complexity index is 659. The van der Waals surface area contributed by atoms with Gasteiger partial charge in [-0.2, -0.15) is 0 Å². The van der Waals surface area contributed by atoms with Crippen LogP contribution in [0.15, 0.2) is 36.0 Å². The fourth-order valence-electron chi connectivity index (χ4n) is 5.10. The SMILES string of the molecule is CCN1C(=CC=O)C(C)(Cc2ccccc2Cl)C2CC(OC)CCC21. The van der Waals surface area contributed by atoms with E-state index in [0.29, 0.717) is 18.1 Å². The van der Waals surface area contributed by atoms with Gasteiger partial charge in [0.2, 0.25) is 0 Å². The molecule has 136 valence electrons. The zero-order chi connectivity index (χ0) is 18.0. The Balaban J connectivity index is 2.03. The molecule has 4 unspecified atom stereocenters. The van der Waals surface area contributed by atoms with Crippen LogP contribution in [-0.4, -0.2) is 37.0 Å². The van der Waals surface area contributed by atoms with Gasteiger partial charge < -0.3 is 9.64 Å². The number of hydrogen-bond acceptors (Lipinski definition) is 3. The Morgan fingerprint density at radius 3 is 2.76 bits per heavy atom. The van der Waals surface area contributed by atoms with Gasteiger partial charge in [0.05, 0.1) is 6.10 Å². The van der Waals surface area contributed by atoms with E-state index in [1.54, 1.807) is 6.08 Å². The first kappa shape index (κ1) is 18.5. The fraction of sp³-hybridized carbons (Fsp3) is 0.571. The Kier molecular flexibility index (Phi) is 5.55. The number of nitrogens with zero attached hydrogens (tertiary/aromatic N) is 1. The molecule has 25 heavy (non-hydrogen) atoms. The van der Waals surface area contributed by atoms with Gasteiger partial charge in [0.15, 0.2) is 0 Å². The number of fused-ring (bicyclic) bond motifs is 1.